The summed E-state index contributed by atoms with van der Waals surface area (Å²) in [5, 5.41) is 8.73. The summed E-state index contributed by atoms with van der Waals surface area (Å²) in [7, 11) is 0. The summed E-state index contributed by atoms with van der Waals surface area (Å²) in [6, 6.07) is 0. The molecule has 0 saturated heterocycles. The maximum atomic E-state index is 8.73. The molecule has 1 aliphatic carbocycles. The Balaban J connectivity index is 2.53. The van der Waals surface area contributed by atoms with Crippen molar-refractivity contribution in [2.75, 3.05) is 6.61 Å². The molecule has 1 nitrogen and oxygen atoms in total. The van der Waals surface area contributed by atoms with Crippen LogP contribution in [-0.4, -0.2) is 11.7 Å². The molecule has 0 aromatic rings. The fourth-order valence-corrected chi connectivity index (χ4v) is 1.86. The van der Waals surface area contributed by atoms with Gasteiger partial charge in [0.1, 0.15) is 0 Å². The van der Waals surface area contributed by atoms with Gasteiger partial charge in [0.05, 0.1) is 6.61 Å². The van der Waals surface area contributed by atoms with Crippen molar-refractivity contribution < 1.29 is 5.11 Å². The van der Waals surface area contributed by atoms with Crippen LogP contribution in [0.2, 0.25) is 0 Å². The average molecular weight is 164 g/mol. The molecule has 66 valence electrons. The molecule has 0 heterocycles. The number of aliphatic hydroxyl groups is 1. The van der Waals surface area contributed by atoms with E-state index in [1.807, 2.05) is 0 Å². The Kier molecular flexibility index (Phi) is 3.90. The number of rotatable bonds is 2. The van der Waals surface area contributed by atoms with Crippen LogP contribution in [0.5, 0.6) is 0 Å². The largest absolute Gasteiger partial charge is 0.392 e. The molecule has 0 unspecified atom stereocenters. The highest BCUT2D eigenvalue weighted by Crippen LogP contribution is 2.28. The first-order valence-corrected chi connectivity index (χ1v) is 4.66. The summed E-state index contributed by atoms with van der Waals surface area (Å²) in [6.45, 7) is 0.0794. The maximum Gasteiger partial charge on any atom is 0.0624 e. The average Bonchev–Trinajstić information content (AvgIpc) is 2.15. The SMILES string of the molecule is C#C/C(=C/CO)C1CCCCC1. The molecule has 1 aliphatic rings. The minimum Gasteiger partial charge on any atom is -0.392 e. The van der Waals surface area contributed by atoms with E-state index >= 15 is 0 Å². The van der Waals surface area contributed by atoms with Crippen LogP contribution in [0.25, 0.3) is 0 Å². The van der Waals surface area contributed by atoms with Gasteiger partial charge in [-0.3, -0.25) is 0 Å². The number of aliphatic hydroxyl groups excluding tert-OH is 1. The number of hydrogen-bond donors (Lipinski definition) is 1. The van der Waals surface area contributed by atoms with Gasteiger partial charge in [-0.2, -0.15) is 0 Å². The van der Waals surface area contributed by atoms with E-state index < -0.39 is 0 Å². The highest BCUT2D eigenvalue weighted by atomic mass is 16.2. The molecular weight excluding hydrogens is 148 g/mol. The van der Waals surface area contributed by atoms with Gasteiger partial charge in [0, 0.05) is 5.57 Å². The summed E-state index contributed by atoms with van der Waals surface area (Å²) in [4.78, 5) is 0. The second-order valence-electron chi connectivity index (χ2n) is 3.32. The van der Waals surface area contributed by atoms with Crippen molar-refractivity contribution in [1.29, 1.82) is 0 Å². The third-order valence-electron chi connectivity index (χ3n) is 2.52. The molecule has 0 amide bonds. The minimum atomic E-state index is 0.0794. The van der Waals surface area contributed by atoms with E-state index in [2.05, 4.69) is 5.92 Å². The minimum absolute atomic E-state index is 0.0794. The van der Waals surface area contributed by atoms with E-state index in [-0.39, 0.29) is 6.61 Å². The molecule has 1 N–H and O–H groups in total. The Morgan fingerprint density at radius 2 is 2.08 bits per heavy atom. The first-order chi connectivity index (χ1) is 5.88. The van der Waals surface area contributed by atoms with Crippen LogP contribution in [0.1, 0.15) is 32.1 Å². The zero-order valence-electron chi connectivity index (χ0n) is 7.42. The Morgan fingerprint density at radius 1 is 1.42 bits per heavy atom. The lowest BCUT2D eigenvalue weighted by atomic mass is 9.84. The van der Waals surface area contributed by atoms with Crippen LogP contribution in [0.3, 0.4) is 0 Å². The summed E-state index contributed by atoms with van der Waals surface area (Å²) < 4.78 is 0. The third kappa shape index (κ3) is 2.39. The van der Waals surface area contributed by atoms with E-state index in [1.54, 1.807) is 6.08 Å². The number of allylic oxidation sites excluding steroid dienone is 1. The molecule has 0 aromatic heterocycles. The second kappa shape index (κ2) is 5.00. The predicted octanol–water partition coefficient (Wildman–Crippen LogP) is 2.12. The summed E-state index contributed by atoms with van der Waals surface area (Å²) in [6.07, 6.45) is 13.5. The van der Waals surface area contributed by atoms with Crippen LogP contribution in [-0.2, 0) is 0 Å². The van der Waals surface area contributed by atoms with Crippen molar-refractivity contribution in [1.82, 2.24) is 0 Å². The van der Waals surface area contributed by atoms with Gasteiger partial charge in [0.15, 0.2) is 0 Å². The predicted molar refractivity (Wildman–Crippen MR) is 50.6 cm³/mol. The molecule has 0 bridgehead atoms. The van der Waals surface area contributed by atoms with Crippen LogP contribution in [0.15, 0.2) is 11.6 Å². The molecule has 12 heavy (non-hydrogen) atoms. The third-order valence-corrected chi connectivity index (χ3v) is 2.52. The van der Waals surface area contributed by atoms with Gasteiger partial charge in [-0.15, -0.1) is 6.42 Å². The quantitative estimate of drug-likeness (QED) is 0.620. The van der Waals surface area contributed by atoms with Crippen LogP contribution in [0, 0.1) is 18.3 Å². The van der Waals surface area contributed by atoms with Gasteiger partial charge < -0.3 is 5.11 Å². The van der Waals surface area contributed by atoms with Gasteiger partial charge in [0.2, 0.25) is 0 Å². The number of terminal acetylenes is 1. The molecule has 1 heteroatoms. The van der Waals surface area contributed by atoms with E-state index in [0.717, 1.165) is 5.57 Å². The monoisotopic (exact) mass is 164 g/mol. The topological polar surface area (TPSA) is 20.2 Å². The van der Waals surface area contributed by atoms with Crippen LogP contribution < -0.4 is 0 Å². The van der Waals surface area contributed by atoms with Gasteiger partial charge in [-0.05, 0) is 24.8 Å². The molecule has 1 rings (SSSR count). The Labute approximate surface area is 74.5 Å². The molecule has 0 aromatic carbocycles. The molecular formula is C11H16O. The smallest absolute Gasteiger partial charge is 0.0624 e. The highest BCUT2D eigenvalue weighted by Gasteiger charge is 2.15. The highest BCUT2D eigenvalue weighted by molar-refractivity contribution is 5.28. The van der Waals surface area contributed by atoms with Crippen molar-refractivity contribution >= 4 is 0 Å². The summed E-state index contributed by atoms with van der Waals surface area (Å²) in [5.41, 5.74) is 1.01. The lowest BCUT2D eigenvalue weighted by Gasteiger charge is -2.21. The lowest BCUT2D eigenvalue weighted by molar-refractivity contribution is 0.338. The van der Waals surface area contributed by atoms with Crippen LogP contribution in [0.4, 0.5) is 0 Å². The lowest BCUT2D eigenvalue weighted by Crippen LogP contribution is -2.08. The first-order valence-electron chi connectivity index (χ1n) is 4.66. The van der Waals surface area contributed by atoms with E-state index in [9.17, 15) is 0 Å². The van der Waals surface area contributed by atoms with Crippen molar-refractivity contribution in [3.8, 4) is 12.3 Å². The van der Waals surface area contributed by atoms with Crippen molar-refractivity contribution in [2.45, 2.75) is 32.1 Å². The van der Waals surface area contributed by atoms with Crippen molar-refractivity contribution in [2.24, 2.45) is 5.92 Å². The normalized spacial score (nSPS) is 20.5. The van der Waals surface area contributed by atoms with Gasteiger partial charge in [-0.1, -0.05) is 25.2 Å². The summed E-state index contributed by atoms with van der Waals surface area (Å²) in [5.74, 6) is 3.23. The van der Waals surface area contributed by atoms with Gasteiger partial charge >= 0.3 is 0 Å². The van der Waals surface area contributed by atoms with Crippen molar-refractivity contribution in [3.05, 3.63) is 11.6 Å². The van der Waals surface area contributed by atoms with Crippen LogP contribution >= 0.6 is 0 Å². The van der Waals surface area contributed by atoms with Gasteiger partial charge in [-0.25, -0.2) is 0 Å². The molecule has 0 atom stereocenters. The number of hydrogen-bond acceptors (Lipinski definition) is 1. The molecule has 0 aliphatic heterocycles. The fourth-order valence-electron chi connectivity index (χ4n) is 1.86. The maximum absolute atomic E-state index is 8.73. The standard InChI is InChI=1S/C11H16O/c1-2-10(8-9-12)11-6-4-3-5-7-11/h1,8,11-12H,3-7,9H2/b10-8-. The Hall–Kier alpha value is -0.740. The molecule has 0 radical (unpaired) electrons. The van der Waals surface area contributed by atoms with E-state index in [4.69, 9.17) is 11.5 Å². The first kappa shape index (κ1) is 9.35. The van der Waals surface area contributed by atoms with E-state index in [0.29, 0.717) is 5.92 Å². The Bertz CT molecular complexity index is 192. The molecule has 0 spiro atoms. The Morgan fingerprint density at radius 3 is 2.58 bits per heavy atom. The molecule has 1 fully saturated rings. The van der Waals surface area contributed by atoms with E-state index in [1.165, 1.54) is 32.1 Å². The van der Waals surface area contributed by atoms with Crippen molar-refractivity contribution in [3.63, 3.8) is 0 Å². The summed E-state index contributed by atoms with van der Waals surface area (Å²) >= 11 is 0. The zero-order valence-corrected chi connectivity index (χ0v) is 7.42. The zero-order chi connectivity index (χ0) is 8.81. The fraction of sp³-hybridized carbons (Fsp3) is 0.636. The van der Waals surface area contributed by atoms with Gasteiger partial charge in [0.25, 0.3) is 0 Å². The molecule has 1 saturated carbocycles. The second-order valence-corrected chi connectivity index (χ2v) is 3.32.